The highest BCUT2D eigenvalue weighted by molar-refractivity contribution is 7.75. The van der Waals surface area contributed by atoms with Gasteiger partial charge in [0.2, 0.25) is 28.6 Å². The number of fused-ring (bicyclic) bond motifs is 1. The van der Waals surface area contributed by atoms with E-state index in [4.69, 9.17) is 21.1 Å². The maximum absolute atomic E-state index is 12.6. The number of imidazole rings is 1. The van der Waals surface area contributed by atoms with Gasteiger partial charge in [-0.3, -0.25) is 9.72 Å². The quantitative estimate of drug-likeness (QED) is 0.601. The highest BCUT2D eigenvalue weighted by Gasteiger charge is 2.27. The van der Waals surface area contributed by atoms with Gasteiger partial charge in [-0.05, 0) is 12.1 Å². The van der Waals surface area contributed by atoms with Crippen molar-refractivity contribution in [2.75, 3.05) is 23.8 Å². The molecule has 0 unspecified atom stereocenters. The van der Waals surface area contributed by atoms with Crippen molar-refractivity contribution < 1.29 is 22.7 Å². The van der Waals surface area contributed by atoms with Crippen LogP contribution in [0, 0.1) is 0 Å². The summed E-state index contributed by atoms with van der Waals surface area (Å²) in [6, 6.07) is 5.27. The summed E-state index contributed by atoms with van der Waals surface area (Å²) in [5.74, 6) is -0.134. The lowest BCUT2D eigenvalue weighted by molar-refractivity contribution is 0.259. The number of carbonyl (C=O) groups is 1. The molecule has 0 fully saturated rings. The number of urea groups is 1. The third-order valence-corrected chi connectivity index (χ3v) is 4.29. The number of nitrogens with one attached hydrogen (secondary N) is 1. The van der Waals surface area contributed by atoms with Gasteiger partial charge in [-0.15, -0.1) is 0 Å². The number of thiol groups is 1. The largest absolute Gasteiger partial charge is 0.481 e. The van der Waals surface area contributed by atoms with Crippen LogP contribution in [-0.2, 0) is 10.9 Å². The number of carbonyl (C=O) groups excluding carboxylic acids is 1. The standard InChI is InChI=1S/C14H13ClN6O5S/c1-25-9-7-10(26-2)18-13(17-9)19-14(22)21(27(23)24)12-11(15)16-8-5-3-4-6-20(8)12/h3-7,27H,1-2H3,(H,17,18,19,22). The Kier molecular flexibility index (Phi) is 5.28. The lowest BCUT2D eigenvalue weighted by atomic mass is 10.5. The maximum atomic E-state index is 12.6. The molecule has 27 heavy (non-hydrogen) atoms. The average Bonchev–Trinajstić information content (AvgIpc) is 2.97. The molecule has 142 valence electrons. The van der Waals surface area contributed by atoms with Gasteiger partial charge >= 0.3 is 6.03 Å². The predicted octanol–water partition coefficient (Wildman–Crippen LogP) is 1.36. The molecule has 0 bridgehead atoms. The highest BCUT2D eigenvalue weighted by atomic mass is 35.5. The normalized spacial score (nSPS) is 10.8. The van der Waals surface area contributed by atoms with E-state index >= 15 is 0 Å². The molecule has 0 atom stereocenters. The van der Waals surface area contributed by atoms with Gasteiger partial charge in [0.25, 0.3) is 0 Å². The van der Waals surface area contributed by atoms with Crippen LogP contribution in [0.15, 0.2) is 30.5 Å². The second-order valence-corrected chi connectivity index (χ2v) is 6.14. The summed E-state index contributed by atoms with van der Waals surface area (Å²) in [5, 5.41) is 2.11. The van der Waals surface area contributed by atoms with Crippen LogP contribution in [0.1, 0.15) is 0 Å². The Labute approximate surface area is 159 Å². The molecule has 0 aromatic carbocycles. The fourth-order valence-corrected chi connectivity index (χ4v) is 3.07. The lowest BCUT2D eigenvalue weighted by Crippen LogP contribution is -2.35. The summed E-state index contributed by atoms with van der Waals surface area (Å²) in [5.41, 5.74) is 0.367. The van der Waals surface area contributed by atoms with Gasteiger partial charge in [0.1, 0.15) is 5.65 Å². The Morgan fingerprint density at radius 3 is 2.44 bits per heavy atom. The SMILES string of the molecule is COc1cc(OC)nc(NC(=O)N(c2c(Cl)nc3ccccn23)[SH](=O)=O)n1. The van der Waals surface area contributed by atoms with Gasteiger partial charge in [0, 0.05) is 6.20 Å². The summed E-state index contributed by atoms with van der Waals surface area (Å²) in [6.45, 7) is 0. The van der Waals surface area contributed by atoms with E-state index in [-0.39, 0.29) is 28.7 Å². The van der Waals surface area contributed by atoms with Crippen molar-refractivity contribution in [3.63, 3.8) is 0 Å². The number of ether oxygens (including phenoxy) is 2. The zero-order chi connectivity index (χ0) is 19.6. The van der Waals surface area contributed by atoms with Crippen molar-refractivity contribution in [1.29, 1.82) is 0 Å². The molecule has 3 aromatic heterocycles. The van der Waals surface area contributed by atoms with Crippen molar-refractivity contribution in [2.24, 2.45) is 0 Å². The molecule has 0 spiro atoms. The summed E-state index contributed by atoms with van der Waals surface area (Å²) < 4.78 is 35.3. The summed E-state index contributed by atoms with van der Waals surface area (Å²) in [7, 11) is -0.669. The van der Waals surface area contributed by atoms with Gasteiger partial charge in [0.15, 0.2) is 11.0 Å². The van der Waals surface area contributed by atoms with Crippen LogP contribution in [0.25, 0.3) is 5.65 Å². The van der Waals surface area contributed by atoms with E-state index in [2.05, 4.69) is 20.3 Å². The van der Waals surface area contributed by atoms with Gasteiger partial charge in [-0.2, -0.15) is 14.3 Å². The molecule has 0 saturated heterocycles. The van der Waals surface area contributed by atoms with Gasteiger partial charge in [-0.1, -0.05) is 17.7 Å². The van der Waals surface area contributed by atoms with Crippen LogP contribution in [-0.4, -0.2) is 48.0 Å². The van der Waals surface area contributed by atoms with E-state index in [0.717, 1.165) is 0 Å². The van der Waals surface area contributed by atoms with Crippen LogP contribution in [0.5, 0.6) is 11.8 Å². The number of hydrogen-bond acceptors (Lipinski definition) is 8. The highest BCUT2D eigenvalue weighted by Crippen LogP contribution is 2.28. The molecule has 3 rings (SSSR count). The monoisotopic (exact) mass is 412 g/mol. The smallest absolute Gasteiger partial charge is 0.343 e. The van der Waals surface area contributed by atoms with Crippen molar-refractivity contribution in [2.45, 2.75) is 0 Å². The summed E-state index contributed by atoms with van der Waals surface area (Å²) in [4.78, 5) is 24.5. The van der Waals surface area contributed by atoms with Gasteiger partial charge < -0.3 is 9.47 Å². The van der Waals surface area contributed by atoms with Crippen molar-refractivity contribution in [3.8, 4) is 11.8 Å². The van der Waals surface area contributed by atoms with E-state index in [9.17, 15) is 13.2 Å². The van der Waals surface area contributed by atoms with E-state index < -0.39 is 16.9 Å². The molecule has 0 aliphatic rings. The van der Waals surface area contributed by atoms with Crippen LogP contribution < -0.4 is 19.1 Å². The molecule has 1 N–H and O–H groups in total. The average molecular weight is 413 g/mol. The minimum Gasteiger partial charge on any atom is -0.481 e. The van der Waals surface area contributed by atoms with Crippen LogP contribution in [0.3, 0.4) is 0 Å². The van der Waals surface area contributed by atoms with E-state index in [1.165, 1.54) is 30.9 Å². The number of halogens is 1. The maximum Gasteiger partial charge on any atom is 0.343 e. The Morgan fingerprint density at radius 2 is 1.85 bits per heavy atom. The summed E-state index contributed by atoms with van der Waals surface area (Å²) >= 11 is 6.06. The molecular weight excluding hydrogens is 400 g/mol. The zero-order valence-corrected chi connectivity index (χ0v) is 15.6. The minimum atomic E-state index is -3.40. The first-order chi connectivity index (χ1) is 12.9. The molecule has 0 saturated carbocycles. The number of nitrogens with zero attached hydrogens (tertiary/aromatic N) is 5. The molecular formula is C14H13ClN6O5S. The van der Waals surface area contributed by atoms with Crippen molar-refractivity contribution >= 4 is 45.9 Å². The van der Waals surface area contributed by atoms with E-state index in [1.807, 2.05) is 0 Å². The predicted molar refractivity (Wildman–Crippen MR) is 97.2 cm³/mol. The molecule has 13 heteroatoms. The Bertz CT molecular complexity index is 1050. The van der Waals surface area contributed by atoms with Crippen molar-refractivity contribution in [3.05, 3.63) is 35.6 Å². The number of rotatable bonds is 5. The number of anilines is 2. The molecule has 2 amide bonds. The topological polar surface area (TPSA) is 128 Å². The second-order valence-electron chi connectivity index (χ2n) is 4.91. The summed E-state index contributed by atoms with van der Waals surface area (Å²) in [6.07, 6.45) is 1.52. The van der Waals surface area contributed by atoms with Crippen LogP contribution >= 0.6 is 11.6 Å². The molecule has 3 heterocycles. The fourth-order valence-electron chi connectivity index (χ4n) is 2.21. The first-order valence-corrected chi connectivity index (χ1v) is 8.80. The Balaban J connectivity index is 2.01. The number of methoxy groups -OCH3 is 2. The first kappa shape index (κ1) is 18.7. The Morgan fingerprint density at radius 1 is 1.19 bits per heavy atom. The number of pyridine rings is 1. The lowest BCUT2D eigenvalue weighted by Gasteiger charge is -2.16. The minimum absolute atomic E-state index is 0.114. The Hall–Kier alpha value is -3.12. The first-order valence-electron chi connectivity index (χ1n) is 7.29. The number of hydrogen-bond donors (Lipinski definition) is 2. The molecule has 0 aliphatic carbocycles. The zero-order valence-electron chi connectivity index (χ0n) is 14.0. The van der Waals surface area contributed by atoms with Crippen LogP contribution in [0.2, 0.25) is 5.15 Å². The molecule has 0 aliphatic heterocycles. The van der Waals surface area contributed by atoms with E-state index in [0.29, 0.717) is 9.95 Å². The van der Waals surface area contributed by atoms with Gasteiger partial charge in [0.05, 0.1) is 20.3 Å². The van der Waals surface area contributed by atoms with Crippen molar-refractivity contribution in [1.82, 2.24) is 19.4 Å². The second kappa shape index (κ2) is 7.63. The number of amides is 2. The van der Waals surface area contributed by atoms with Gasteiger partial charge in [-0.25, -0.2) is 18.2 Å². The molecule has 0 radical (unpaired) electrons. The van der Waals surface area contributed by atoms with Crippen LogP contribution in [0.4, 0.5) is 16.6 Å². The van der Waals surface area contributed by atoms with E-state index in [1.54, 1.807) is 18.2 Å². The molecule has 3 aromatic rings. The molecule has 11 nitrogen and oxygen atoms in total. The number of aromatic nitrogens is 4. The third kappa shape index (κ3) is 3.71. The third-order valence-electron chi connectivity index (χ3n) is 3.34. The fraction of sp³-hybridized carbons (Fsp3) is 0.143.